The van der Waals surface area contributed by atoms with Gasteiger partial charge >= 0.3 is 5.97 Å². The van der Waals surface area contributed by atoms with Gasteiger partial charge in [0.15, 0.2) is 0 Å². The first-order chi connectivity index (χ1) is 7.59. The van der Waals surface area contributed by atoms with Crippen LogP contribution in [0.1, 0.15) is 23.5 Å². The molecule has 0 atom stereocenters. The molecule has 0 N–H and O–H groups in total. The fourth-order valence-corrected chi connectivity index (χ4v) is 2.80. The van der Waals surface area contributed by atoms with Crippen molar-refractivity contribution < 1.29 is 9.53 Å². The zero-order valence-electron chi connectivity index (χ0n) is 8.99. The molecule has 0 fully saturated rings. The van der Waals surface area contributed by atoms with Crippen LogP contribution in [0, 0.1) is 0 Å². The number of fused-ring (bicyclic) bond motifs is 1. The standard InChI is InChI=1S/C12H11ClO2S/c1-7(2)15-12(14)11-10(13)8-5-3-4-6-9(8)16-11/h3-7H,1-2H3. The van der Waals surface area contributed by atoms with Crippen LogP contribution in [0.3, 0.4) is 0 Å². The van der Waals surface area contributed by atoms with E-state index in [0.29, 0.717) is 9.90 Å². The zero-order chi connectivity index (χ0) is 11.7. The van der Waals surface area contributed by atoms with Crippen molar-refractivity contribution in [2.75, 3.05) is 0 Å². The minimum Gasteiger partial charge on any atom is -0.459 e. The molecular weight excluding hydrogens is 244 g/mol. The van der Waals surface area contributed by atoms with E-state index in [4.69, 9.17) is 16.3 Å². The molecule has 0 aliphatic rings. The summed E-state index contributed by atoms with van der Waals surface area (Å²) in [6.07, 6.45) is -0.131. The number of thiophene rings is 1. The molecule has 0 saturated carbocycles. The number of carbonyl (C=O) groups is 1. The van der Waals surface area contributed by atoms with Crippen molar-refractivity contribution in [2.24, 2.45) is 0 Å². The number of benzene rings is 1. The van der Waals surface area contributed by atoms with Crippen LogP contribution in [0.4, 0.5) is 0 Å². The van der Waals surface area contributed by atoms with E-state index in [9.17, 15) is 4.79 Å². The predicted molar refractivity (Wildman–Crippen MR) is 67.4 cm³/mol. The van der Waals surface area contributed by atoms with Crippen LogP contribution in [-0.4, -0.2) is 12.1 Å². The molecule has 0 amide bonds. The highest BCUT2D eigenvalue weighted by atomic mass is 35.5. The van der Waals surface area contributed by atoms with Crippen molar-refractivity contribution in [3.05, 3.63) is 34.2 Å². The topological polar surface area (TPSA) is 26.3 Å². The Morgan fingerprint density at radius 2 is 2.06 bits per heavy atom. The smallest absolute Gasteiger partial charge is 0.350 e. The van der Waals surface area contributed by atoms with E-state index in [-0.39, 0.29) is 12.1 Å². The van der Waals surface area contributed by atoms with Crippen LogP contribution >= 0.6 is 22.9 Å². The van der Waals surface area contributed by atoms with Crippen molar-refractivity contribution in [3.8, 4) is 0 Å². The quantitative estimate of drug-likeness (QED) is 0.754. The summed E-state index contributed by atoms with van der Waals surface area (Å²) in [5, 5.41) is 1.40. The van der Waals surface area contributed by atoms with Gasteiger partial charge in [-0.2, -0.15) is 0 Å². The molecule has 4 heteroatoms. The van der Waals surface area contributed by atoms with Crippen molar-refractivity contribution in [2.45, 2.75) is 20.0 Å². The molecule has 2 rings (SSSR count). The summed E-state index contributed by atoms with van der Waals surface area (Å²) < 4.78 is 6.14. The van der Waals surface area contributed by atoms with Gasteiger partial charge in [0.1, 0.15) is 4.88 Å². The van der Waals surface area contributed by atoms with E-state index < -0.39 is 0 Å². The maximum Gasteiger partial charge on any atom is 0.350 e. The lowest BCUT2D eigenvalue weighted by Gasteiger charge is -2.05. The molecule has 0 radical (unpaired) electrons. The molecule has 0 aliphatic heterocycles. The summed E-state index contributed by atoms with van der Waals surface area (Å²) in [6, 6.07) is 7.67. The molecule has 16 heavy (non-hydrogen) atoms. The first kappa shape index (κ1) is 11.4. The van der Waals surface area contributed by atoms with Gasteiger partial charge in [-0.25, -0.2) is 4.79 Å². The van der Waals surface area contributed by atoms with Crippen molar-refractivity contribution >= 4 is 39.0 Å². The molecule has 0 saturated heterocycles. The molecule has 1 aromatic heterocycles. The Balaban J connectivity index is 2.45. The van der Waals surface area contributed by atoms with Crippen molar-refractivity contribution in [3.63, 3.8) is 0 Å². The Kier molecular flexibility index (Phi) is 3.17. The molecule has 84 valence electrons. The van der Waals surface area contributed by atoms with E-state index in [1.165, 1.54) is 11.3 Å². The Hall–Kier alpha value is -1.06. The molecule has 0 spiro atoms. The van der Waals surface area contributed by atoms with Gasteiger partial charge in [0.05, 0.1) is 11.1 Å². The van der Waals surface area contributed by atoms with Gasteiger partial charge < -0.3 is 4.74 Å². The normalized spacial score (nSPS) is 11.0. The van der Waals surface area contributed by atoms with Gasteiger partial charge in [-0.05, 0) is 19.9 Å². The van der Waals surface area contributed by atoms with Crippen LogP contribution in [0.15, 0.2) is 24.3 Å². The van der Waals surface area contributed by atoms with Crippen LogP contribution in [0.25, 0.3) is 10.1 Å². The van der Waals surface area contributed by atoms with Gasteiger partial charge in [0.25, 0.3) is 0 Å². The third-order valence-electron chi connectivity index (χ3n) is 2.06. The van der Waals surface area contributed by atoms with E-state index >= 15 is 0 Å². The molecule has 0 bridgehead atoms. The third kappa shape index (κ3) is 2.06. The van der Waals surface area contributed by atoms with Crippen molar-refractivity contribution in [1.82, 2.24) is 0 Å². The second-order valence-corrected chi connectivity index (χ2v) is 5.13. The Morgan fingerprint density at radius 1 is 1.38 bits per heavy atom. The number of carbonyl (C=O) groups excluding carboxylic acids is 1. The highest BCUT2D eigenvalue weighted by Crippen LogP contribution is 2.35. The fraction of sp³-hybridized carbons (Fsp3) is 0.250. The van der Waals surface area contributed by atoms with Crippen molar-refractivity contribution in [1.29, 1.82) is 0 Å². The second-order valence-electron chi connectivity index (χ2n) is 3.70. The van der Waals surface area contributed by atoms with E-state index in [1.807, 2.05) is 38.1 Å². The minimum atomic E-state index is -0.346. The highest BCUT2D eigenvalue weighted by molar-refractivity contribution is 7.21. The SMILES string of the molecule is CC(C)OC(=O)c1sc2ccccc2c1Cl. The lowest BCUT2D eigenvalue weighted by Crippen LogP contribution is -2.10. The Labute approximate surface area is 103 Å². The fourth-order valence-electron chi connectivity index (χ4n) is 1.41. The van der Waals surface area contributed by atoms with Crippen LogP contribution in [0.5, 0.6) is 0 Å². The number of ether oxygens (including phenoxy) is 1. The van der Waals surface area contributed by atoms with Crippen LogP contribution in [0.2, 0.25) is 5.02 Å². The first-order valence-electron chi connectivity index (χ1n) is 4.97. The molecule has 1 aromatic carbocycles. The molecule has 1 heterocycles. The average molecular weight is 255 g/mol. The average Bonchev–Trinajstić information content (AvgIpc) is 2.56. The summed E-state index contributed by atoms with van der Waals surface area (Å²) in [5.74, 6) is -0.346. The van der Waals surface area contributed by atoms with Gasteiger partial charge in [-0.1, -0.05) is 29.8 Å². The third-order valence-corrected chi connectivity index (χ3v) is 3.72. The molecule has 0 aliphatic carbocycles. The highest BCUT2D eigenvalue weighted by Gasteiger charge is 2.18. The Bertz CT molecular complexity index is 531. The summed E-state index contributed by atoms with van der Waals surface area (Å²) in [4.78, 5) is 12.2. The molecule has 2 nitrogen and oxygen atoms in total. The zero-order valence-corrected chi connectivity index (χ0v) is 10.6. The number of hydrogen-bond donors (Lipinski definition) is 0. The van der Waals surface area contributed by atoms with E-state index in [2.05, 4.69) is 0 Å². The lowest BCUT2D eigenvalue weighted by molar-refractivity contribution is 0.0384. The summed E-state index contributed by atoms with van der Waals surface area (Å²) in [5.41, 5.74) is 0. The lowest BCUT2D eigenvalue weighted by atomic mass is 10.2. The van der Waals surface area contributed by atoms with Gasteiger partial charge in [0, 0.05) is 10.1 Å². The Morgan fingerprint density at radius 3 is 2.69 bits per heavy atom. The monoisotopic (exact) mass is 254 g/mol. The largest absolute Gasteiger partial charge is 0.459 e. The number of halogens is 1. The predicted octanol–water partition coefficient (Wildman–Crippen LogP) is 4.12. The molecule has 0 unspecified atom stereocenters. The summed E-state index contributed by atoms with van der Waals surface area (Å²) in [7, 11) is 0. The van der Waals surface area contributed by atoms with Gasteiger partial charge in [0.2, 0.25) is 0 Å². The van der Waals surface area contributed by atoms with Crippen LogP contribution in [-0.2, 0) is 4.74 Å². The number of esters is 1. The molecule has 2 aromatic rings. The maximum absolute atomic E-state index is 11.7. The van der Waals surface area contributed by atoms with Gasteiger partial charge in [-0.15, -0.1) is 11.3 Å². The maximum atomic E-state index is 11.7. The van der Waals surface area contributed by atoms with Crippen LogP contribution < -0.4 is 0 Å². The number of hydrogen-bond acceptors (Lipinski definition) is 3. The summed E-state index contributed by atoms with van der Waals surface area (Å²) >= 11 is 7.51. The summed E-state index contributed by atoms with van der Waals surface area (Å²) in [6.45, 7) is 3.64. The number of rotatable bonds is 2. The molecular formula is C12H11ClO2S. The minimum absolute atomic E-state index is 0.131. The van der Waals surface area contributed by atoms with E-state index in [0.717, 1.165) is 10.1 Å². The van der Waals surface area contributed by atoms with Gasteiger partial charge in [-0.3, -0.25) is 0 Å². The first-order valence-corrected chi connectivity index (χ1v) is 6.17. The second kappa shape index (κ2) is 4.44. The van der Waals surface area contributed by atoms with E-state index in [1.54, 1.807) is 0 Å².